The van der Waals surface area contributed by atoms with E-state index in [4.69, 9.17) is 4.74 Å². The lowest BCUT2D eigenvalue weighted by molar-refractivity contribution is -0.205. The van der Waals surface area contributed by atoms with Crippen LogP contribution in [0.4, 0.5) is 0 Å². The van der Waals surface area contributed by atoms with E-state index in [1.165, 1.54) is 0 Å². The average molecular weight is 346 g/mol. The van der Waals surface area contributed by atoms with Crippen LogP contribution in [0, 0.1) is 12.3 Å². The van der Waals surface area contributed by atoms with E-state index in [1.54, 1.807) is 12.4 Å². The van der Waals surface area contributed by atoms with Crippen LogP contribution in [0.3, 0.4) is 0 Å². The maximum absolute atomic E-state index is 12.7. The first-order chi connectivity index (χ1) is 11.7. The quantitative estimate of drug-likeness (QED) is 0.849. The summed E-state index contributed by atoms with van der Waals surface area (Å²) >= 11 is 0. The largest absolute Gasteiger partial charge is 0.393 e. The zero-order valence-electron chi connectivity index (χ0n) is 15.8. The molecule has 0 aromatic carbocycles. The Balaban J connectivity index is 1.67. The predicted octanol–water partition coefficient (Wildman–Crippen LogP) is 2.95. The van der Waals surface area contributed by atoms with Gasteiger partial charge in [0, 0.05) is 38.3 Å². The van der Waals surface area contributed by atoms with Gasteiger partial charge in [0.25, 0.3) is 5.91 Å². The van der Waals surface area contributed by atoms with E-state index in [0.29, 0.717) is 31.5 Å². The zero-order valence-corrected chi connectivity index (χ0v) is 15.8. The lowest BCUT2D eigenvalue weighted by atomic mass is 9.76. The standard InChI is InChI=1S/C20H30N2O3/c1-14-9-15(13-21-12-14)18(24)22-7-5-20(6-8-22)11-16(23)10-17(25-20)19(2,3)4/h9,12-13,16-17,23H,5-8,10-11H2,1-4H3/t16-,17-/m1/s1. The van der Waals surface area contributed by atoms with Crippen molar-refractivity contribution in [3.05, 3.63) is 29.6 Å². The number of amides is 1. The van der Waals surface area contributed by atoms with Crippen LogP contribution in [-0.4, -0.2) is 51.8 Å². The summed E-state index contributed by atoms with van der Waals surface area (Å²) in [6, 6.07) is 1.89. The van der Waals surface area contributed by atoms with E-state index in [-0.39, 0.29) is 29.1 Å². The molecule has 1 aromatic heterocycles. The second kappa shape index (κ2) is 6.69. The molecule has 0 aliphatic carbocycles. The molecule has 0 radical (unpaired) electrons. The van der Waals surface area contributed by atoms with Gasteiger partial charge in [0.1, 0.15) is 0 Å². The molecule has 25 heavy (non-hydrogen) atoms. The van der Waals surface area contributed by atoms with E-state index >= 15 is 0 Å². The number of aliphatic hydroxyl groups is 1. The van der Waals surface area contributed by atoms with Crippen molar-refractivity contribution in [2.75, 3.05) is 13.1 Å². The van der Waals surface area contributed by atoms with Gasteiger partial charge in [-0.25, -0.2) is 0 Å². The van der Waals surface area contributed by atoms with Crippen molar-refractivity contribution >= 4 is 5.91 Å². The highest BCUT2D eigenvalue weighted by Gasteiger charge is 2.46. The van der Waals surface area contributed by atoms with Crippen LogP contribution in [-0.2, 0) is 4.74 Å². The lowest BCUT2D eigenvalue weighted by Crippen LogP contribution is -2.55. The Morgan fingerprint density at radius 2 is 2.00 bits per heavy atom. The van der Waals surface area contributed by atoms with Crippen molar-refractivity contribution in [2.24, 2.45) is 5.41 Å². The number of rotatable bonds is 1. The van der Waals surface area contributed by atoms with E-state index < -0.39 is 0 Å². The first-order valence-electron chi connectivity index (χ1n) is 9.25. The fourth-order valence-electron chi connectivity index (χ4n) is 3.98. The average Bonchev–Trinajstić information content (AvgIpc) is 2.53. The predicted molar refractivity (Wildman–Crippen MR) is 96.4 cm³/mol. The molecule has 3 rings (SSSR count). The Morgan fingerprint density at radius 3 is 2.60 bits per heavy atom. The summed E-state index contributed by atoms with van der Waals surface area (Å²) in [5, 5.41) is 10.4. The lowest BCUT2D eigenvalue weighted by Gasteiger charge is -2.50. The molecule has 2 atom stereocenters. The third kappa shape index (κ3) is 4.04. The number of hydrogen-bond donors (Lipinski definition) is 1. The fraction of sp³-hybridized carbons (Fsp3) is 0.700. The molecule has 2 aliphatic rings. The minimum absolute atomic E-state index is 0.00852. The molecule has 1 N–H and O–H groups in total. The Bertz CT molecular complexity index is 630. The summed E-state index contributed by atoms with van der Waals surface area (Å²) in [4.78, 5) is 18.7. The topological polar surface area (TPSA) is 62.7 Å². The van der Waals surface area contributed by atoms with Crippen LogP contribution >= 0.6 is 0 Å². The number of carbonyl (C=O) groups is 1. The number of likely N-dealkylation sites (tertiary alicyclic amines) is 1. The molecule has 5 heteroatoms. The summed E-state index contributed by atoms with van der Waals surface area (Å²) in [5.74, 6) is 0.0368. The van der Waals surface area contributed by atoms with Crippen LogP contribution < -0.4 is 0 Å². The number of pyridine rings is 1. The molecule has 2 aliphatic heterocycles. The third-order valence-corrected chi connectivity index (χ3v) is 5.54. The number of nitrogens with zero attached hydrogens (tertiary/aromatic N) is 2. The number of carbonyl (C=O) groups excluding carboxylic acids is 1. The summed E-state index contributed by atoms with van der Waals surface area (Å²) in [6.07, 6.45) is 6.06. The Hall–Kier alpha value is -1.46. The molecule has 1 aromatic rings. The minimum Gasteiger partial charge on any atom is -0.393 e. The summed E-state index contributed by atoms with van der Waals surface area (Å²) in [5.41, 5.74) is 1.35. The first-order valence-corrected chi connectivity index (χ1v) is 9.25. The van der Waals surface area contributed by atoms with Crippen LogP contribution in [0.5, 0.6) is 0 Å². The molecule has 0 bridgehead atoms. The van der Waals surface area contributed by atoms with Gasteiger partial charge in [-0.1, -0.05) is 20.8 Å². The number of aromatic nitrogens is 1. The van der Waals surface area contributed by atoms with Gasteiger partial charge in [0.05, 0.1) is 23.4 Å². The first kappa shape index (κ1) is 18.3. The highest BCUT2D eigenvalue weighted by Crippen LogP contribution is 2.42. The van der Waals surface area contributed by atoms with Gasteiger partial charge in [-0.2, -0.15) is 0 Å². The number of ether oxygens (including phenoxy) is 1. The van der Waals surface area contributed by atoms with Gasteiger partial charge in [-0.15, -0.1) is 0 Å². The molecule has 138 valence electrons. The number of piperidine rings is 1. The second-order valence-corrected chi connectivity index (χ2v) is 8.79. The fourth-order valence-corrected chi connectivity index (χ4v) is 3.98. The van der Waals surface area contributed by atoms with Crippen molar-refractivity contribution in [1.29, 1.82) is 0 Å². The number of aliphatic hydroxyl groups excluding tert-OH is 1. The molecule has 1 amide bonds. The SMILES string of the molecule is Cc1cncc(C(=O)N2CCC3(CC2)C[C@H](O)C[C@H](C(C)(C)C)O3)c1. The van der Waals surface area contributed by atoms with Crippen LogP contribution in [0.15, 0.2) is 18.5 Å². The summed E-state index contributed by atoms with van der Waals surface area (Å²) < 4.78 is 6.49. The number of hydrogen-bond acceptors (Lipinski definition) is 4. The molecule has 2 saturated heterocycles. The van der Waals surface area contributed by atoms with E-state index in [1.807, 2.05) is 17.9 Å². The van der Waals surface area contributed by atoms with E-state index in [0.717, 1.165) is 18.4 Å². The van der Waals surface area contributed by atoms with Gasteiger partial charge in [0.2, 0.25) is 0 Å². The normalized spacial score (nSPS) is 26.7. The molecule has 3 heterocycles. The van der Waals surface area contributed by atoms with Gasteiger partial charge in [0.15, 0.2) is 0 Å². The van der Waals surface area contributed by atoms with Crippen molar-refractivity contribution < 1.29 is 14.6 Å². The Morgan fingerprint density at radius 1 is 1.32 bits per heavy atom. The number of aryl methyl sites for hydroxylation is 1. The van der Waals surface area contributed by atoms with Crippen molar-refractivity contribution in [1.82, 2.24) is 9.88 Å². The van der Waals surface area contributed by atoms with Gasteiger partial charge >= 0.3 is 0 Å². The van der Waals surface area contributed by atoms with Crippen LogP contribution in [0.2, 0.25) is 0 Å². The maximum atomic E-state index is 12.7. The summed E-state index contributed by atoms with van der Waals surface area (Å²) in [7, 11) is 0. The van der Waals surface area contributed by atoms with Crippen molar-refractivity contribution in [2.45, 2.75) is 71.2 Å². The molecule has 2 fully saturated rings. The Labute approximate surface area is 150 Å². The maximum Gasteiger partial charge on any atom is 0.255 e. The highest BCUT2D eigenvalue weighted by atomic mass is 16.5. The van der Waals surface area contributed by atoms with Crippen LogP contribution in [0.1, 0.15) is 62.4 Å². The van der Waals surface area contributed by atoms with Crippen molar-refractivity contribution in [3.8, 4) is 0 Å². The second-order valence-electron chi connectivity index (χ2n) is 8.79. The molecule has 1 spiro atoms. The zero-order chi connectivity index (χ0) is 18.2. The van der Waals surface area contributed by atoms with Gasteiger partial charge in [-0.3, -0.25) is 9.78 Å². The molecule has 5 nitrogen and oxygen atoms in total. The molecular formula is C20H30N2O3. The van der Waals surface area contributed by atoms with Gasteiger partial charge < -0.3 is 14.7 Å². The monoisotopic (exact) mass is 346 g/mol. The molecular weight excluding hydrogens is 316 g/mol. The Kier molecular flexibility index (Phi) is 4.91. The smallest absolute Gasteiger partial charge is 0.255 e. The summed E-state index contributed by atoms with van der Waals surface area (Å²) in [6.45, 7) is 9.75. The molecule has 0 unspecified atom stereocenters. The third-order valence-electron chi connectivity index (χ3n) is 5.54. The van der Waals surface area contributed by atoms with E-state index in [9.17, 15) is 9.90 Å². The highest BCUT2D eigenvalue weighted by molar-refractivity contribution is 5.94. The van der Waals surface area contributed by atoms with Gasteiger partial charge in [-0.05, 0) is 36.8 Å². The van der Waals surface area contributed by atoms with E-state index in [2.05, 4.69) is 25.8 Å². The van der Waals surface area contributed by atoms with Crippen LogP contribution in [0.25, 0.3) is 0 Å². The molecule has 0 saturated carbocycles. The minimum atomic E-state index is -0.318. The van der Waals surface area contributed by atoms with Crippen molar-refractivity contribution in [3.63, 3.8) is 0 Å².